The third kappa shape index (κ3) is 9.17. The molecule has 2 rings (SSSR count). The van der Waals surface area contributed by atoms with E-state index in [9.17, 15) is 19.2 Å². The smallest absolute Gasteiger partial charge is 0.243 e. The first-order valence-corrected chi connectivity index (χ1v) is 12.4. The van der Waals surface area contributed by atoms with Gasteiger partial charge in [-0.3, -0.25) is 19.2 Å². The van der Waals surface area contributed by atoms with Gasteiger partial charge in [-0.05, 0) is 34.9 Å². The number of rotatable bonds is 9. The fourth-order valence-corrected chi connectivity index (χ4v) is 4.27. The zero-order chi connectivity index (χ0) is 27.3. The fraction of sp³-hybridized carbons (Fsp3) is 0.630. The van der Waals surface area contributed by atoms with E-state index in [0.717, 1.165) is 5.56 Å². The van der Waals surface area contributed by atoms with E-state index in [0.29, 0.717) is 12.2 Å². The van der Waals surface area contributed by atoms with Crippen LogP contribution < -0.4 is 21.1 Å². The maximum Gasteiger partial charge on any atom is 0.243 e. The van der Waals surface area contributed by atoms with Gasteiger partial charge in [-0.1, -0.05) is 53.7 Å². The molecule has 1 heterocycles. The molecule has 3 atom stereocenters. The van der Waals surface area contributed by atoms with E-state index in [4.69, 9.17) is 10.5 Å². The van der Waals surface area contributed by atoms with Crippen LogP contribution in [0, 0.1) is 10.8 Å². The second-order valence-electron chi connectivity index (χ2n) is 12.1. The molecular formula is C27H42N4O5. The molecule has 1 aromatic rings. The van der Waals surface area contributed by atoms with Gasteiger partial charge in [-0.25, -0.2) is 0 Å². The van der Waals surface area contributed by atoms with Crippen molar-refractivity contribution in [2.45, 2.75) is 85.4 Å². The summed E-state index contributed by atoms with van der Waals surface area (Å²) in [7, 11) is 1.56. The predicted octanol–water partition coefficient (Wildman–Crippen LogP) is 2.17. The van der Waals surface area contributed by atoms with Crippen LogP contribution in [0.4, 0.5) is 0 Å². The molecule has 9 nitrogen and oxygen atoms in total. The number of nitrogens with two attached hydrogens (primary N) is 1. The number of nitrogens with one attached hydrogen (secondary N) is 2. The number of hydrogen-bond acceptors (Lipinski definition) is 5. The van der Waals surface area contributed by atoms with Crippen molar-refractivity contribution in [3.63, 3.8) is 0 Å². The van der Waals surface area contributed by atoms with Crippen molar-refractivity contribution in [2.24, 2.45) is 16.6 Å². The van der Waals surface area contributed by atoms with Crippen molar-refractivity contribution in [3.05, 3.63) is 29.8 Å². The van der Waals surface area contributed by atoms with Crippen LogP contribution in [0.5, 0.6) is 5.75 Å². The summed E-state index contributed by atoms with van der Waals surface area (Å²) in [6.07, 6.45) is 1.07. The fourth-order valence-electron chi connectivity index (χ4n) is 4.27. The third-order valence-electron chi connectivity index (χ3n) is 5.92. The molecular weight excluding hydrogens is 460 g/mol. The highest BCUT2D eigenvalue weighted by Crippen LogP contribution is 2.26. The molecule has 0 aliphatic carbocycles. The highest BCUT2D eigenvalue weighted by molar-refractivity contribution is 5.92. The quantitative estimate of drug-likeness (QED) is 0.476. The monoisotopic (exact) mass is 502 g/mol. The lowest BCUT2D eigenvalue weighted by molar-refractivity contribution is -0.140. The first-order valence-electron chi connectivity index (χ1n) is 12.4. The van der Waals surface area contributed by atoms with Crippen molar-refractivity contribution in [3.8, 4) is 5.75 Å². The van der Waals surface area contributed by atoms with Gasteiger partial charge < -0.3 is 26.0 Å². The van der Waals surface area contributed by atoms with Gasteiger partial charge in [-0.2, -0.15) is 0 Å². The highest BCUT2D eigenvalue weighted by atomic mass is 16.5. The Balaban J connectivity index is 2.17. The molecule has 1 aliphatic heterocycles. The van der Waals surface area contributed by atoms with E-state index >= 15 is 0 Å². The summed E-state index contributed by atoms with van der Waals surface area (Å²) in [4.78, 5) is 52.7. The normalized spacial score (nSPS) is 18.9. The molecule has 0 aromatic heterocycles. The Morgan fingerprint density at radius 3 is 2.11 bits per heavy atom. The van der Waals surface area contributed by atoms with Crippen LogP contribution in [0.15, 0.2) is 24.3 Å². The highest BCUT2D eigenvalue weighted by Gasteiger charge is 2.41. The number of carbonyl (C=O) groups excluding carboxylic acids is 4. The minimum atomic E-state index is -0.944. The lowest BCUT2D eigenvalue weighted by atomic mass is 9.91. The lowest BCUT2D eigenvalue weighted by Crippen LogP contribution is -2.53. The zero-order valence-electron chi connectivity index (χ0n) is 22.6. The van der Waals surface area contributed by atoms with E-state index < -0.39 is 23.9 Å². The standard InChI is InChI=1S/C27H42N4O5/c1-26(2,3)14-22(32)29-18-13-21(31(16-18)23(33)15-27(4,5)6)25(35)30-20(24(28)34)12-17-8-10-19(36-7)11-9-17/h8-11,18,20-21H,12-16H2,1-7H3,(H2,28,34)(H,29,32)(H,30,35)/t18-,20+,21+/m1/s1. The molecule has 1 fully saturated rings. The first kappa shape index (κ1) is 29.1. The van der Waals surface area contributed by atoms with Gasteiger partial charge >= 0.3 is 0 Å². The molecule has 36 heavy (non-hydrogen) atoms. The topological polar surface area (TPSA) is 131 Å². The molecule has 0 radical (unpaired) electrons. The van der Waals surface area contributed by atoms with E-state index in [-0.39, 0.29) is 54.5 Å². The van der Waals surface area contributed by atoms with Crippen LogP contribution in [0.2, 0.25) is 0 Å². The van der Waals surface area contributed by atoms with E-state index in [2.05, 4.69) is 10.6 Å². The number of likely N-dealkylation sites (tertiary alicyclic amines) is 1. The number of methoxy groups -OCH3 is 1. The van der Waals surface area contributed by atoms with Crippen LogP contribution in [0.25, 0.3) is 0 Å². The summed E-state index contributed by atoms with van der Waals surface area (Å²) in [5.74, 6) is -0.730. The maximum absolute atomic E-state index is 13.3. The second kappa shape index (κ2) is 11.8. The Morgan fingerprint density at radius 1 is 1.03 bits per heavy atom. The second-order valence-corrected chi connectivity index (χ2v) is 12.1. The van der Waals surface area contributed by atoms with Gasteiger partial charge in [0.2, 0.25) is 23.6 Å². The summed E-state index contributed by atoms with van der Waals surface area (Å²) in [5, 5.41) is 5.72. The van der Waals surface area contributed by atoms with Gasteiger partial charge in [0.15, 0.2) is 0 Å². The van der Waals surface area contributed by atoms with E-state index in [1.165, 1.54) is 4.90 Å². The van der Waals surface area contributed by atoms with Crippen molar-refractivity contribution in [1.29, 1.82) is 0 Å². The van der Waals surface area contributed by atoms with Crippen LogP contribution in [-0.4, -0.2) is 60.3 Å². The molecule has 1 aromatic carbocycles. The summed E-state index contributed by atoms with van der Waals surface area (Å²) in [6.45, 7) is 12.0. The molecule has 1 saturated heterocycles. The number of carbonyl (C=O) groups is 4. The minimum Gasteiger partial charge on any atom is -0.497 e. The zero-order valence-corrected chi connectivity index (χ0v) is 22.6. The SMILES string of the molecule is COc1ccc(C[C@H](NC(=O)[C@@H]2C[C@@H](NC(=O)CC(C)(C)C)CN2C(=O)CC(C)(C)C)C(N)=O)cc1. The van der Waals surface area contributed by atoms with Crippen molar-refractivity contribution in [2.75, 3.05) is 13.7 Å². The number of primary amides is 1. The van der Waals surface area contributed by atoms with Crippen LogP contribution >= 0.6 is 0 Å². The van der Waals surface area contributed by atoms with Crippen molar-refractivity contribution < 1.29 is 23.9 Å². The largest absolute Gasteiger partial charge is 0.497 e. The Morgan fingerprint density at radius 2 is 1.61 bits per heavy atom. The third-order valence-corrected chi connectivity index (χ3v) is 5.92. The average molecular weight is 503 g/mol. The number of benzene rings is 1. The first-order chi connectivity index (χ1) is 16.6. The average Bonchev–Trinajstić information content (AvgIpc) is 3.15. The van der Waals surface area contributed by atoms with E-state index in [1.54, 1.807) is 31.4 Å². The number of amides is 4. The van der Waals surface area contributed by atoms with Gasteiger partial charge in [0.05, 0.1) is 7.11 Å². The number of nitrogens with zero attached hydrogens (tertiary/aromatic N) is 1. The molecule has 0 saturated carbocycles. The molecule has 0 bridgehead atoms. The van der Waals surface area contributed by atoms with Gasteiger partial charge in [0.25, 0.3) is 0 Å². The molecule has 4 amide bonds. The van der Waals surface area contributed by atoms with Crippen LogP contribution in [0.3, 0.4) is 0 Å². The summed E-state index contributed by atoms with van der Waals surface area (Å²) in [6, 6.07) is 5.03. The van der Waals surface area contributed by atoms with Crippen molar-refractivity contribution in [1.82, 2.24) is 15.5 Å². The van der Waals surface area contributed by atoms with E-state index in [1.807, 2.05) is 41.5 Å². The van der Waals surface area contributed by atoms with Gasteiger partial charge in [0.1, 0.15) is 17.8 Å². The maximum atomic E-state index is 13.3. The predicted molar refractivity (Wildman–Crippen MR) is 138 cm³/mol. The lowest BCUT2D eigenvalue weighted by Gasteiger charge is -2.28. The van der Waals surface area contributed by atoms with Gasteiger partial charge in [-0.15, -0.1) is 0 Å². The van der Waals surface area contributed by atoms with Crippen LogP contribution in [0.1, 0.15) is 66.4 Å². The minimum absolute atomic E-state index is 0.119. The molecule has 9 heteroatoms. The summed E-state index contributed by atoms with van der Waals surface area (Å²) in [5.41, 5.74) is 5.96. The molecule has 0 spiro atoms. The number of ether oxygens (including phenoxy) is 1. The molecule has 200 valence electrons. The van der Waals surface area contributed by atoms with Crippen LogP contribution in [-0.2, 0) is 25.6 Å². The van der Waals surface area contributed by atoms with Gasteiger partial charge in [0, 0.05) is 31.8 Å². The molecule has 4 N–H and O–H groups in total. The Kier molecular flexibility index (Phi) is 9.51. The van der Waals surface area contributed by atoms with Crippen molar-refractivity contribution >= 4 is 23.6 Å². The number of hydrogen-bond donors (Lipinski definition) is 3. The Labute approximate surface area is 214 Å². The molecule has 1 aliphatic rings. The summed E-state index contributed by atoms with van der Waals surface area (Å²) < 4.78 is 5.16. The molecule has 0 unspecified atom stereocenters. The Bertz CT molecular complexity index is 946. The Hall–Kier alpha value is -3.10. The summed E-state index contributed by atoms with van der Waals surface area (Å²) >= 11 is 0.